The average Bonchev–Trinajstić information content (AvgIpc) is 3.02. The Labute approximate surface area is 139 Å². The fraction of sp³-hybridized carbons (Fsp3) is 0.412. The number of nitrogens with zero attached hydrogens (tertiary/aromatic N) is 4. The first kappa shape index (κ1) is 14.9. The van der Waals surface area contributed by atoms with E-state index in [0.717, 1.165) is 18.7 Å². The van der Waals surface area contributed by atoms with Crippen molar-refractivity contribution in [2.45, 2.75) is 44.3 Å². The average molecular weight is 325 g/mol. The first-order chi connectivity index (χ1) is 11.6. The molecule has 0 fully saturated rings. The summed E-state index contributed by atoms with van der Waals surface area (Å²) >= 11 is 0. The van der Waals surface area contributed by atoms with Crippen molar-refractivity contribution >= 4 is 17.6 Å². The number of aliphatic imine (C=N–C) groups is 1. The molecule has 4 heterocycles. The van der Waals surface area contributed by atoms with Gasteiger partial charge in [0.05, 0.1) is 6.42 Å². The molecule has 0 aliphatic carbocycles. The molecular weight excluding hydrogens is 306 g/mol. The van der Waals surface area contributed by atoms with Gasteiger partial charge in [0.2, 0.25) is 5.91 Å². The van der Waals surface area contributed by atoms with Gasteiger partial charge in [-0.1, -0.05) is 6.08 Å². The van der Waals surface area contributed by atoms with Crippen LogP contribution in [0.15, 0.2) is 41.8 Å². The molecule has 0 bridgehead atoms. The minimum atomic E-state index is -0.954. The third-order valence-electron chi connectivity index (χ3n) is 4.86. The highest BCUT2D eigenvalue weighted by molar-refractivity contribution is 6.09. The number of hydrogen-bond acceptors (Lipinski definition) is 4. The van der Waals surface area contributed by atoms with Crippen molar-refractivity contribution in [2.24, 2.45) is 4.99 Å². The van der Waals surface area contributed by atoms with Gasteiger partial charge in [-0.3, -0.25) is 9.59 Å². The summed E-state index contributed by atoms with van der Waals surface area (Å²) < 4.78 is 2.07. The molecule has 1 aromatic rings. The van der Waals surface area contributed by atoms with Gasteiger partial charge < -0.3 is 14.8 Å². The molecule has 1 aromatic heterocycles. The van der Waals surface area contributed by atoms with Gasteiger partial charge in [-0.2, -0.15) is 4.99 Å². The Balaban J connectivity index is 1.53. The monoisotopic (exact) mass is 325 g/mol. The minimum Gasteiger partial charge on any atom is -0.350 e. The first-order valence-corrected chi connectivity index (χ1v) is 8.13. The number of aryl methyl sites for hydroxylation is 1. The largest absolute Gasteiger partial charge is 0.350 e. The summed E-state index contributed by atoms with van der Waals surface area (Å²) in [6.45, 7) is 2.51. The van der Waals surface area contributed by atoms with Crippen LogP contribution in [-0.2, 0) is 22.6 Å². The maximum absolute atomic E-state index is 13.0. The highest BCUT2D eigenvalue weighted by Crippen LogP contribution is 2.28. The topological polar surface area (TPSA) is 79.6 Å². The van der Waals surface area contributed by atoms with Gasteiger partial charge in [-0.05, 0) is 25.5 Å². The van der Waals surface area contributed by atoms with Crippen LogP contribution in [0.2, 0.25) is 0 Å². The Morgan fingerprint density at radius 1 is 1.42 bits per heavy atom. The van der Waals surface area contributed by atoms with E-state index < -0.39 is 5.54 Å². The lowest BCUT2D eigenvalue weighted by atomic mass is 9.90. The molecule has 7 nitrogen and oxygen atoms in total. The van der Waals surface area contributed by atoms with Crippen molar-refractivity contribution < 1.29 is 9.59 Å². The van der Waals surface area contributed by atoms with E-state index in [1.54, 1.807) is 30.3 Å². The number of amidine groups is 1. The number of carbonyl (C=O) groups excluding carboxylic acids is 2. The van der Waals surface area contributed by atoms with Gasteiger partial charge in [0.25, 0.3) is 5.91 Å². The summed E-state index contributed by atoms with van der Waals surface area (Å²) in [6.07, 6.45) is 12.7. The van der Waals surface area contributed by atoms with Crippen molar-refractivity contribution in [1.29, 1.82) is 0 Å². The second-order valence-corrected chi connectivity index (χ2v) is 6.59. The van der Waals surface area contributed by atoms with Crippen LogP contribution >= 0.6 is 0 Å². The summed E-state index contributed by atoms with van der Waals surface area (Å²) in [5.41, 5.74) is -0.954. The Bertz CT molecular complexity index is 791. The molecule has 24 heavy (non-hydrogen) atoms. The maximum Gasteiger partial charge on any atom is 0.250 e. The van der Waals surface area contributed by atoms with E-state index in [9.17, 15) is 9.59 Å². The predicted octanol–water partition coefficient (Wildman–Crippen LogP) is 0.787. The lowest BCUT2D eigenvalue weighted by Gasteiger charge is -2.42. The standard InChI is InChI=1S/C17H19N5O2/c1-17(10-15(23)20-14-4-2-3-8-22(14)17)16(24)19-12-5-6-13-18-7-9-21(13)11-12/h2-4,7-9,12H,5-6,10-11H2,1H3,(H,19,24)/t12-,17+/m1/s1. The van der Waals surface area contributed by atoms with Crippen LogP contribution in [0.4, 0.5) is 0 Å². The first-order valence-electron chi connectivity index (χ1n) is 8.13. The molecule has 0 saturated carbocycles. The molecule has 3 aliphatic rings. The molecule has 0 aromatic carbocycles. The van der Waals surface area contributed by atoms with Gasteiger partial charge in [0.1, 0.15) is 17.2 Å². The number of fused-ring (bicyclic) bond motifs is 2. The molecule has 0 saturated heterocycles. The van der Waals surface area contributed by atoms with E-state index in [-0.39, 0.29) is 24.3 Å². The van der Waals surface area contributed by atoms with Gasteiger partial charge in [0, 0.05) is 37.6 Å². The molecule has 0 radical (unpaired) electrons. The van der Waals surface area contributed by atoms with Gasteiger partial charge >= 0.3 is 0 Å². The molecular formula is C17H19N5O2. The zero-order valence-electron chi connectivity index (χ0n) is 13.5. The van der Waals surface area contributed by atoms with Crippen LogP contribution in [0.3, 0.4) is 0 Å². The number of hydrogen-bond donors (Lipinski definition) is 1. The van der Waals surface area contributed by atoms with Crippen LogP contribution in [-0.4, -0.2) is 43.7 Å². The fourth-order valence-corrected chi connectivity index (χ4v) is 3.50. The van der Waals surface area contributed by atoms with Crippen molar-refractivity contribution in [3.05, 3.63) is 42.6 Å². The molecule has 3 aliphatic heterocycles. The summed E-state index contributed by atoms with van der Waals surface area (Å²) in [4.78, 5) is 35.1. The van der Waals surface area contributed by atoms with Gasteiger partial charge in [-0.15, -0.1) is 0 Å². The predicted molar refractivity (Wildman–Crippen MR) is 88.1 cm³/mol. The second-order valence-electron chi connectivity index (χ2n) is 6.59. The van der Waals surface area contributed by atoms with Crippen LogP contribution in [0.1, 0.15) is 25.6 Å². The SMILES string of the molecule is C[C@@]1(C(=O)N[C@@H]2CCc3nccn3C2)CC(=O)N=C2C=CC=CN21. The molecule has 4 rings (SSSR count). The Morgan fingerprint density at radius 3 is 3.17 bits per heavy atom. The number of nitrogens with one attached hydrogen (secondary N) is 1. The highest BCUT2D eigenvalue weighted by atomic mass is 16.2. The third kappa shape index (κ3) is 2.36. The van der Waals surface area contributed by atoms with Crippen LogP contribution in [0.5, 0.6) is 0 Å². The van der Waals surface area contributed by atoms with Gasteiger partial charge in [-0.25, -0.2) is 4.98 Å². The number of amides is 2. The van der Waals surface area contributed by atoms with Crippen molar-refractivity contribution in [1.82, 2.24) is 19.8 Å². The molecule has 1 N–H and O–H groups in total. The van der Waals surface area contributed by atoms with E-state index in [1.165, 1.54) is 0 Å². The number of rotatable bonds is 2. The molecule has 7 heteroatoms. The lowest BCUT2D eigenvalue weighted by molar-refractivity contribution is -0.135. The van der Waals surface area contributed by atoms with Crippen molar-refractivity contribution in [3.63, 3.8) is 0 Å². The molecule has 124 valence electrons. The summed E-state index contributed by atoms with van der Waals surface area (Å²) in [5.74, 6) is 1.17. The summed E-state index contributed by atoms with van der Waals surface area (Å²) in [5, 5.41) is 3.12. The molecule has 2 atom stereocenters. The van der Waals surface area contributed by atoms with E-state index >= 15 is 0 Å². The number of aromatic nitrogens is 2. The zero-order valence-corrected chi connectivity index (χ0v) is 13.5. The summed E-state index contributed by atoms with van der Waals surface area (Å²) in [7, 11) is 0. The smallest absolute Gasteiger partial charge is 0.250 e. The number of carbonyl (C=O) groups is 2. The molecule has 2 amide bonds. The highest BCUT2D eigenvalue weighted by Gasteiger charge is 2.45. The third-order valence-corrected chi connectivity index (χ3v) is 4.86. The van der Waals surface area contributed by atoms with E-state index in [1.807, 2.05) is 18.3 Å². The van der Waals surface area contributed by atoms with E-state index in [4.69, 9.17) is 0 Å². The lowest BCUT2D eigenvalue weighted by Crippen LogP contribution is -2.61. The zero-order chi connectivity index (χ0) is 16.7. The van der Waals surface area contributed by atoms with Gasteiger partial charge in [0.15, 0.2) is 0 Å². The Hall–Kier alpha value is -2.70. The Kier molecular flexibility index (Phi) is 3.37. The molecule has 0 unspecified atom stereocenters. The quantitative estimate of drug-likeness (QED) is 0.872. The van der Waals surface area contributed by atoms with Crippen LogP contribution < -0.4 is 5.32 Å². The minimum absolute atomic E-state index is 0.0396. The van der Waals surface area contributed by atoms with Crippen molar-refractivity contribution in [3.8, 4) is 0 Å². The Morgan fingerprint density at radius 2 is 2.29 bits per heavy atom. The van der Waals surface area contributed by atoms with Crippen molar-refractivity contribution in [2.75, 3.05) is 0 Å². The second kappa shape index (κ2) is 5.43. The molecule has 0 spiro atoms. The van der Waals surface area contributed by atoms with E-state index in [0.29, 0.717) is 12.4 Å². The number of allylic oxidation sites excluding steroid dienone is 2. The normalized spacial score (nSPS) is 28.2. The van der Waals surface area contributed by atoms with E-state index in [2.05, 4.69) is 19.9 Å². The fourth-order valence-electron chi connectivity index (χ4n) is 3.50. The summed E-state index contributed by atoms with van der Waals surface area (Å²) in [6, 6.07) is 0.0396. The maximum atomic E-state index is 13.0. The van der Waals surface area contributed by atoms with Crippen LogP contribution in [0, 0.1) is 0 Å². The van der Waals surface area contributed by atoms with Crippen LogP contribution in [0.25, 0.3) is 0 Å². The number of imidazole rings is 1.